The molecule has 0 fully saturated rings. The van der Waals surface area contributed by atoms with E-state index in [0.717, 1.165) is 24.8 Å². The van der Waals surface area contributed by atoms with Crippen LogP contribution < -0.4 is 10.1 Å². The van der Waals surface area contributed by atoms with Gasteiger partial charge in [-0.1, -0.05) is 50.1 Å². The van der Waals surface area contributed by atoms with E-state index in [9.17, 15) is 5.11 Å². The van der Waals surface area contributed by atoms with Gasteiger partial charge in [0.2, 0.25) is 0 Å². The van der Waals surface area contributed by atoms with E-state index in [1.165, 1.54) is 0 Å². The van der Waals surface area contributed by atoms with Crippen molar-refractivity contribution in [3.8, 4) is 5.75 Å². The van der Waals surface area contributed by atoms with Crippen molar-refractivity contribution >= 4 is 5.82 Å². The summed E-state index contributed by atoms with van der Waals surface area (Å²) < 4.78 is 5.91. The number of aryl methyl sites for hydroxylation is 1. The smallest absolute Gasteiger partial charge is 0.180 e. The minimum Gasteiger partial charge on any atom is -0.483 e. The van der Waals surface area contributed by atoms with Crippen molar-refractivity contribution in [2.24, 2.45) is 0 Å². The number of hydrogen-bond donors (Lipinski definition) is 2. The molecule has 2 rings (SSSR count). The van der Waals surface area contributed by atoms with Crippen LogP contribution in [0.2, 0.25) is 0 Å². The number of aliphatic hydroxyl groups excluding tert-OH is 1. The summed E-state index contributed by atoms with van der Waals surface area (Å²) in [4.78, 5) is 8.73. The molecule has 5 heteroatoms. The van der Waals surface area contributed by atoms with Crippen LogP contribution in [0.3, 0.4) is 0 Å². The molecule has 0 saturated heterocycles. The van der Waals surface area contributed by atoms with Gasteiger partial charge in [-0.05, 0) is 25.3 Å². The van der Waals surface area contributed by atoms with Crippen LogP contribution in [0.25, 0.3) is 0 Å². The predicted octanol–water partition coefficient (Wildman–Crippen LogP) is 3.72. The van der Waals surface area contributed by atoms with Gasteiger partial charge in [0.1, 0.15) is 12.4 Å². The summed E-state index contributed by atoms with van der Waals surface area (Å²) in [6, 6.07) is 10.2. The van der Waals surface area contributed by atoms with Crippen molar-refractivity contribution in [1.82, 2.24) is 9.97 Å². The number of nitrogens with one attached hydrogen (secondary N) is 1. The summed E-state index contributed by atoms with van der Waals surface area (Å²) in [5.41, 5.74) is 1.10. The number of nitrogens with zero attached hydrogens (tertiary/aromatic N) is 2. The van der Waals surface area contributed by atoms with E-state index in [0.29, 0.717) is 30.4 Å². The SMILES string of the molecule is CCCC[C@H](CCO)Nc1nc(C)ncc1OCc1ccccc1. The molecule has 0 spiro atoms. The first-order valence-electron chi connectivity index (χ1n) is 8.60. The largest absolute Gasteiger partial charge is 0.483 e. The molecule has 0 amide bonds. The molecule has 1 aromatic carbocycles. The Morgan fingerprint density at radius 2 is 2.00 bits per heavy atom. The maximum absolute atomic E-state index is 9.29. The third-order valence-electron chi connectivity index (χ3n) is 3.84. The number of rotatable bonds is 10. The first-order valence-corrected chi connectivity index (χ1v) is 8.60. The van der Waals surface area contributed by atoms with E-state index >= 15 is 0 Å². The highest BCUT2D eigenvalue weighted by atomic mass is 16.5. The number of unbranched alkanes of at least 4 members (excludes halogenated alkanes) is 1. The quantitative estimate of drug-likeness (QED) is 0.695. The van der Waals surface area contributed by atoms with Gasteiger partial charge in [-0.3, -0.25) is 0 Å². The Hall–Kier alpha value is -2.14. The Morgan fingerprint density at radius 1 is 1.21 bits per heavy atom. The Bertz CT molecular complexity index is 605. The van der Waals surface area contributed by atoms with Crippen molar-refractivity contribution in [2.75, 3.05) is 11.9 Å². The zero-order valence-corrected chi connectivity index (χ0v) is 14.5. The molecular formula is C19H27N3O2. The van der Waals surface area contributed by atoms with Gasteiger partial charge < -0.3 is 15.2 Å². The second kappa shape index (κ2) is 9.88. The summed E-state index contributed by atoms with van der Waals surface area (Å²) in [5.74, 6) is 2.04. The lowest BCUT2D eigenvalue weighted by Crippen LogP contribution is -2.22. The van der Waals surface area contributed by atoms with Gasteiger partial charge in [-0.25, -0.2) is 9.97 Å². The zero-order chi connectivity index (χ0) is 17.2. The first-order chi connectivity index (χ1) is 11.7. The molecule has 5 nitrogen and oxygen atoms in total. The van der Waals surface area contributed by atoms with Crippen LogP contribution in [-0.4, -0.2) is 27.7 Å². The number of hydrogen-bond acceptors (Lipinski definition) is 5. The van der Waals surface area contributed by atoms with Crippen LogP contribution >= 0.6 is 0 Å². The molecule has 0 radical (unpaired) electrons. The summed E-state index contributed by atoms with van der Waals surface area (Å²) in [6.45, 7) is 4.66. The van der Waals surface area contributed by atoms with Crippen LogP contribution in [0.5, 0.6) is 5.75 Å². The van der Waals surface area contributed by atoms with Crippen LogP contribution in [0, 0.1) is 6.92 Å². The summed E-state index contributed by atoms with van der Waals surface area (Å²) in [6.07, 6.45) is 5.65. The topological polar surface area (TPSA) is 67.3 Å². The van der Waals surface area contributed by atoms with Crippen molar-refractivity contribution in [3.63, 3.8) is 0 Å². The lowest BCUT2D eigenvalue weighted by molar-refractivity contribution is 0.275. The number of aromatic nitrogens is 2. The molecule has 0 aliphatic rings. The minimum atomic E-state index is 0.158. The monoisotopic (exact) mass is 329 g/mol. The average Bonchev–Trinajstić information content (AvgIpc) is 2.60. The standard InChI is InChI=1S/C19H27N3O2/c1-3-4-10-17(11-12-23)22-19-18(13-20-15(2)21-19)24-14-16-8-6-5-7-9-16/h5-9,13,17,23H,3-4,10-12,14H2,1-2H3,(H,20,21,22)/t17-/m1/s1. The third-order valence-corrected chi connectivity index (χ3v) is 3.84. The van der Waals surface area contributed by atoms with E-state index < -0.39 is 0 Å². The molecule has 1 atom stereocenters. The predicted molar refractivity (Wildman–Crippen MR) is 96.2 cm³/mol. The van der Waals surface area contributed by atoms with E-state index in [4.69, 9.17) is 4.74 Å². The molecule has 1 aromatic heterocycles. The highest BCUT2D eigenvalue weighted by molar-refractivity contribution is 5.49. The van der Waals surface area contributed by atoms with Gasteiger partial charge in [-0.15, -0.1) is 0 Å². The molecule has 24 heavy (non-hydrogen) atoms. The zero-order valence-electron chi connectivity index (χ0n) is 14.5. The summed E-state index contributed by atoms with van der Waals surface area (Å²) in [7, 11) is 0. The molecule has 0 aliphatic heterocycles. The number of aliphatic hydroxyl groups is 1. The Labute approximate surface area is 144 Å². The van der Waals surface area contributed by atoms with E-state index in [1.54, 1.807) is 6.20 Å². The summed E-state index contributed by atoms with van der Waals surface area (Å²) >= 11 is 0. The normalized spacial score (nSPS) is 12.0. The average molecular weight is 329 g/mol. The third kappa shape index (κ3) is 5.81. The van der Waals surface area contributed by atoms with Gasteiger partial charge >= 0.3 is 0 Å². The van der Waals surface area contributed by atoms with Crippen LogP contribution in [0.4, 0.5) is 5.82 Å². The fraction of sp³-hybridized carbons (Fsp3) is 0.474. The maximum atomic E-state index is 9.29. The lowest BCUT2D eigenvalue weighted by atomic mass is 10.1. The number of anilines is 1. The highest BCUT2D eigenvalue weighted by Gasteiger charge is 2.13. The lowest BCUT2D eigenvalue weighted by Gasteiger charge is -2.20. The van der Waals surface area contributed by atoms with Crippen LogP contribution in [0.15, 0.2) is 36.5 Å². The van der Waals surface area contributed by atoms with E-state index in [-0.39, 0.29) is 12.6 Å². The molecule has 2 aromatic rings. The maximum Gasteiger partial charge on any atom is 0.180 e. The summed E-state index contributed by atoms with van der Waals surface area (Å²) in [5, 5.41) is 12.7. The Morgan fingerprint density at radius 3 is 2.71 bits per heavy atom. The Balaban J connectivity index is 2.08. The van der Waals surface area contributed by atoms with Crippen molar-refractivity contribution in [3.05, 3.63) is 47.9 Å². The molecule has 0 aliphatic carbocycles. The molecule has 1 heterocycles. The second-order valence-corrected chi connectivity index (χ2v) is 5.90. The molecular weight excluding hydrogens is 302 g/mol. The van der Waals surface area contributed by atoms with E-state index in [2.05, 4.69) is 22.2 Å². The highest BCUT2D eigenvalue weighted by Crippen LogP contribution is 2.24. The first kappa shape index (κ1) is 18.2. The van der Waals surface area contributed by atoms with Gasteiger partial charge in [0.15, 0.2) is 11.6 Å². The van der Waals surface area contributed by atoms with Gasteiger partial charge in [0.25, 0.3) is 0 Å². The van der Waals surface area contributed by atoms with Crippen molar-refractivity contribution < 1.29 is 9.84 Å². The number of benzene rings is 1. The van der Waals surface area contributed by atoms with Gasteiger partial charge in [0.05, 0.1) is 6.20 Å². The van der Waals surface area contributed by atoms with Crippen LogP contribution in [0.1, 0.15) is 44.0 Å². The molecule has 0 unspecified atom stereocenters. The fourth-order valence-electron chi connectivity index (χ4n) is 2.49. The Kier molecular flexibility index (Phi) is 7.49. The molecule has 0 saturated carbocycles. The number of ether oxygens (including phenoxy) is 1. The van der Waals surface area contributed by atoms with E-state index in [1.807, 2.05) is 37.3 Å². The molecule has 130 valence electrons. The van der Waals surface area contributed by atoms with Gasteiger partial charge in [-0.2, -0.15) is 0 Å². The molecule has 2 N–H and O–H groups in total. The molecule has 0 bridgehead atoms. The van der Waals surface area contributed by atoms with Crippen molar-refractivity contribution in [1.29, 1.82) is 0 Å². The second-order valence-electron chi connectivity index (χ2n) is 5.90. The van der Waals surface area contributed by atoms with Gasteiger partial charge in [0, 0.05) is 12.6 Å². The van der Waals surface area contributed by atoms with Crippen molar-refractivity contribution in [2.45, 2.75) is 52.2 Å². The van der Waals surface area contributed by atoms with Crippen LogP contribution in [-0.2, 0) is 6.61 Å². The fourth-order valence-corrected chi connectivity index (χ4v) is 2.49. The minimum absolute atomic E-state index is 0.158.